The van der Waals surface area contributed by atoms with Gasteiger partial charge in [0.2, 0.25) is 0 Å². The Morgan fingerprint density at radius 2 is 0.902 bits per heavy atom. The van der Waals surface area contributed by atoms with Gasteiger partial charge in [0.05, 0.1) is 28.0 Å². The summed E-state index contributed by atoms with van der Waals surface area (Å²) in [5.41, 5.74) is 15.0. The van der Waals surface area contributed by atoms with Crippen LogP contribution in [0.5, 0.6) is 0 Å². The van der Waals surface area contributed by atoms with Crippen LogP contribution in [-0.2, 0) is 0 Å². The molecule has 0 radical (unpaired) electrons. The van der Waals surface area contributed by atoms with E-state index in [-0.39, 0.29) is 0 Å². The molecule has 10 aromatic carbocycles. The first-order valence-electron chi connectivity index (χ1n) is 20.8. The van der Waals surface area contributed by atoms with Crippen LogP contribution in [0.4, 0.5) is 17.1 Å². The van der Waals surface area contributed by atoms with Crippen molar-refractivity contribution >= 4 is 71.6 Å². The lowest BCUT2D eigenvalue weighted by Crippen LogP contribution is -2.12. The van der Waals surface area contributed by atoms with E-state index in [0.717, 1.165) is 66.8 Å². The molecular weight excluding hydrogens is 741 g/mol. The van der Waals surface area contributed by atoms with Gasteiger partial charge in [-0.05, 0) is 99.8 Å². The summed E-state index contributed by atoms with van der Waals surface area (Å²) >= 11 is 0. The monoisotopic (exact) mass is 778 g/mol. The van der Waals surface area contributed by atoms with E-state index < -0.39 is 0 Å². The molecule has 3 heteroatoms. The van der Waals surface area contributed by atoms with Gasteiger partial charge in [0, 0.05) is 38.5 Å². The van der Waals surface area contributed by atoms with Gasteiger partial charge in [0.25, 0.3) is 0 Å². The number of aromatic nitrogens is 1. The summed E-state index contributed by atoms with van der Waals surface area (Å²) in [5, 5.41) is 7.09. The molecule has 3 nitrogen and oxygen atoms in total. The molecular formula is C58H38N2O. The van der Waals surface area contributed by atoms with Gasteiger partial charge in [-0.15, -0.1) is 0 Å². The van der Waals surface area contributed by atoms with Crippen LogP contribution in [0.1, 0.15) is 0 Å². The van der Waals surface area contributed by atoms with Crippen molar-refractivity contribution in [1.29, 1.82) is 0 Å². The largest absolute Gasteiger partial charge is 0.455 e. The molecule has 0 aliphatic heterocycles. The van der Waals surface area contributed by atoms with Gasteiger partial charge >= 0.3 is 0 Å². The van der Waals surface area contributed by atoms with Crippen LogP contribution in [0.25, 0.3) is 93.6 Å². The van der Waals surface area contributed by atoms with Gasteiger partial charge in [0.15, 0.2) is 0 Å². The Hall–Kier alpha value is -8.14. The minimum absolute atomic E-state index is 0.852. The van der Waals surface area contributed by atoms with Crippen molar-refractivity contribution in [2.75, 3.05) is 4.90 Å². The van der Waals surface area contributed by atoms with Crippen molar-refractivity contribution in [2.24, 2.45) is 0 Å². The SMILES string of the molecule is c1ccc(-c2ccc(N(c3ccc(-c4ccc5ccccc5c4)cc3)c3ccc4c(oc5ccccc54)c3-c3ccccc3-n3c4ccccc4c4ccccc43)cc2)cc1. The zero-order chi connectivity index (χ0) is 40.3. The van der Waals surface area contributed by atoms with Crippen LogP contribution < -0.4 is 4.90 Å². The summed E-state index contributed by atoms with van der Waals surface area (Å²) in [6.07, 6.45) is 0. The lowest BCUT2D eigenvalue weighted by atomic mass is 9.96. The number of hydrogen-bond donors (Lipinski definition) is 0. The first-order chi connectivity index (χ1) is 30.3. The minimum atomic E-state index is 0.852. The summed E-state index contributed by atoms with van der Waals surface area (Å²) in [5.74, 6) is 0. The number of rotatable bonds is 7. The third-order valence-electron chi connectivity index (χ3n) is 12.2. The Bertz CT molecular complexity index is 3520. The van der Waals surface area contributed by atoms with Gasteiger partial charge < -0.3 is 13.9 Å². The number of para-hydroxylation sites is 4. The Kier molecular flexibility index (Phi) is 8.17. The number of fused-ring (bicyclic) bond motifs is 7. The summed E-state index contributed by atoms with van der Waals surface area (Å²) in [7, 11) is 0. The Morgan fingerprint density at radius 3 is 1.62 bits per heavy atom. The van der Waals surface area contributed by atoms with Crippen molar-refractivity contribution in [3.63, 3.8) is 0 Å². The molecule has 286 valence electrons. The van der Waals surface area contributed by atoms with Crippen LogP contribution in [0.15, 0.2) is 235 Å². The molecule has 12 rings (SSSR count). The molecule has 0 atom stereocenters. The van der Waals surface area contributed by atoms with Crippen LogP contribution in [0, 0.1) is 0 Å². The standard InChI is InChI=1S/C58H38N2O/c1-2-14-39(15-3-1)41-28-32-45(33-29-41)59(46-34-30-42(31-35-46)44-27-26-40-16-4-5-17-43(40)38-44)55-37-36-50-49-20-9-13-25-56(49)61-58(50)57(55)51-21-8-12-24-54(51)60-52-22-10-6-18-47(52)48-19-7-11-23-53(48)60/h1-38H. The van der Waals surface area contributed by atoms with Crippen LogP contribution in [0.3, 0.4) is 0 Å². The Morgan fingerprint density at radius 1 is 0.361 bits per heavy atom. The molecule has 0 aliphatic rings. The van der Waals surface area contributed by atoms with Gasteiger partial charge in [0.1, 0.15) is 11.2 Å². The second-order valence-electron chi connectivity index (χ2n) is 15.7. The predicted molar refractivity (Wildman–Crippen MR) is 257 cm³/mol. The average molecular weight is 779 g/mol. The summed E-state index contributed by atoms with van der Waals surface area (Å²) in [6, 6.07) is 82.9. The van der Waals surface area contributed by atoms with Crippen molar-refractivity contribution in [2.45, 2.75) is 0 Å². The zero-order valence-electron chi connectivity index (χ0n) is 33.2. The fraction of sp³-hybridized carbons (Fsp3) is 0. The van der Waals surface area contributed by atoms with Crippen LogP contribution >= 0.6 is 0 Å². The molecule has 0 spiro atoms. The van der Waals surface area contributed by atoms with E-state index in [1.54, 1.807) is 0 Å². The lowest BCUT2D eigenvalue weighted by molar-refractivity contribution is 0.670. The smallest absolute Gasteiger partial charge is 0.145 e. The third kappa shape index (κ3) is 5.82. The second kappa shape index (κ2) is 14.3. The highest BCUT2D eigenvalue weighted by atomic mass is 16.3. The highest BCUT2D eigenvalue weighted by Gasteiger charge is 2.26. The maximum atomic E-state index is 7.00. The first-order valence-corrected chi connectivity index (χ1v) is 20.8. The van der Waals surface area contributed by atoms with Crippen molar-refractivity contribution < 1.29 is 4.42 Å². The Labute approximate surface area is 353 Å². The van der Waals surface area contributed by atoms with Crippen LogP contribution in [0.2, 0.25) is 0 Å². The average Bonchev–Trinajstić information content (AvgIpc) is 3.88. The zero-order valence-corrected chi connectivity index (χ0v) is 33.2. The van der Waals surface area contributed by atoms with Gasteiger partial charge in [-0.3, -0.25) is 0 Å². The van der Waals surface area contributed by atoms with E-state index in [4.69, 9.17) is 4.42 Å². The number of benzene rings is 10. The molecule has 2 heterocycles. The highest BCUT2D eigenvalue weighted by Crippen LogP contribution is 2.49. The molecule has 0 saturated heterocycles. The minimum Gasteiger partial charge on any atom is -0.455 e. The van der Waals surface area contributed by atoms with E-state index >= 15 is 0 Å². The molecule has 0 amide bonds. The fourth-order valence-corrected chi connectivity index (χ4v) is 9.32. The number of nitrogens with zero attached hydrogens (tertiary/aromatic N) is 2. The number of furan rings is 1. The summed E-state index contributed by atoms with van der Waals surface area (Å²) < 4.78 is 9.42. The van der Waals surface area contributed by atoms with Crippen molar-refractivity contribution in [3.05, 3.63) is 231 Å². The second-order valence-corrected chi connectivity index (χ2v) is 15.7. The molecule has 2 aromatic heterocycles. The molecule has 0 unspecified atom stereocenters. The normalized spacial score (nSPS) is 11.6. The molecule has 0 bridgehead atoms. The highest BCUT2D eigenvalue weighted by molar-refractivity contribution is 6.15. The predicted octanol–water partition coefficient (Wildman–Crippen LogP) is 16.3. The van der Waals surface area contributed by atoms with E-state index in [2.05, 4.69) is 240 Å². The van der Waals surface area contributed by atoms with Gasteiger partial charge in [-0.2, -0.15) is 0 Å². The number of anilines is 3. The molecule has 0 fully saturated rings. The lowest BCUT2D eigenvalue weighted by Gasteiger charge is -2.29. The van der Waals surface area contributed by atoms with E-state index in [0.29, 0.717) is 0 Å². The quantitative estimate of drug-likeness (QED) is 0.161. The topological polar surface area (TPSA) is 21.3 Å². The summed E-state index contributed by atoms with van der Waals surface area (Å²) in [6.45, 7) is 0. The molecule has 12 aromatic rings. The summed E-state index contributed by atoms with van der Waals surface area (Å²) in [4.78, 5) is 2.39. The van der Waals surface area contributed by atoms with Crippen molar-refractivity contribution in [1.82, 2.24) is 4.57 Å². The molecule has 61 heavy (non-hydrogen) atoms. The van der Waals surface area contributed by atoms with Gasteiger partial charge in [-0.25, -0.2) is 0 Å². The Balaban J connectivity index is 1.12. The van der Waals surface area contributed by atoms with E-state index in [1.165, 1.54) is 43.8 Å². The number of hydrogen-bond acceptors (Lipinski definition) is 2. The first kappa shape index (κ1) is 34.9. The molecule has 0 saturated carbocycles. The molecule has 0 aliphatic carbocycles. The van der Waals surface area contributed by atoms with E-state index in [9.17, 15) is 0 Å². The van der Waals surface area contributed by atoms with Crippen molar-refractivity contribution in [3.8, 4) is 39.1 Å². The van der Waals surface area contributed by atoms with E-state index in [1.807, 2.05) is 0 Å². The molecule has 0 N–H and O–H groups in total. The maximum absolute atomic E-state index is 7.00. The maximum Gasteiger partial charge on any atom is 0.145 e. The van der Waals surface area contributed by atoms with Gasteiger partial charge in [-0.1, -0.05) is 164 Å². The third-order valence-corrected chi connectivity index (χ3v) is 12.2. The van der Waals surface area contributed by atoms with Crippen LogP contribution in [-0.4, -0.2) is 4.57 Å². The fourth-order valence-electron chi connectivity index (χ4n) is 9.32.